The maximum atomic E-state index is 12.4. The summed E-state index contributed by atoms with van der Waals surface area (Å²) in [5.74, 6) is 0. The van der Waals surface area contributed by atoms with E-state index in [4.69, 9.17) is 5.73 Å². The first-order chi connectivity index (χ1) is 8.93. The van der Waals surface area contributed by atoms with Crippen LogP contribution in [0.2, 0.25) is 0 Å². The van der Waals surface area contributed by atoms with Crippen molar-refractivity contribution in [1.29, 1.82) is 0 Å². The van der Waals surface area contributed by atoms with E-state index >= 15 is 0 Å². The van der Waals surface area contributed by atoms with Crippen LogP contribution < -0.4 is 5.73 Å². The Kier molecular flexibility index (Phi) is 3.78. The monoisotopic (exact) mass is 286 g/mol. The average molecular weight is 286 g/mol. The van der Waals surface area contributed by atoms with Gasteiger partial charge in [0.2, 0.25) is 5.03 Å². The van der Waals surface area contributed by atoms with Gasteiger partial charge in [-0.2, -0.15) is 4.31 Å². The summed E-state index contributed by atoms with van der Waals surface area (Å²) in [6.45, 7) is 0.472. The topological polar surface area (TPSA) is 119 Å². The van der Waals surface area contributed by atoms with Crippen molar-refractivity contribution in [3.63, 3.8) is 0 Å². The zero-order valence-electron chi connectivity index (χ0n) is 10.1. The van der Waals surface area contributed by atoms with Crippen LogP contribution in [0.5, 0.6) is 0 Å². The van der Waals surface area contributed by atoms with Crippen molar-refractivity contribution in [3.05, 3.63) is 28.4 Å². The molecule has 0 amide bonds. The number of aromatic nitrogens is 1. The van der Waals surface area contributed by atoms with Crippen LogP contribution in [0, 0.1) is 10.1 Å². The molecule has 19 heavy (non-hydrogen) atoms. The summed E-state index contributed by atoms with van der Waals surface area (Å²) in [4.78, 5) is 13.8. The van der Waals surface area contributed by atoms with E-state index in [9.17, 15) is 18.5 Å². The highest BCUT2D eigenvalue weighted by Crippen LogP contribution is 2.25. The Hall–Kier alpha value is -1.58. The largest absolute Gasteiger partial charge is 0.327 e. The lowest BCUT2D eigenvalue weighted by atomic mass is 10.1. The third-order valence-electron chi connectivity index (χ3n) is 2.95. The van der Waals surface area contributed by atoms with Crippen LogP contribution in [0.3, 0.4) is 0 Å². The summed E-state index contributed by atoms with van der Waals surface area (Å²) in [7, 11) is -3.97. The van der Waals surface area contributed by atoms with Crippen LogP contribution in [0.25, 0.3) is 0 Å². The number of nitrogens with zero attached hydrogens (tertiary/aromatic N) is 3. The summed E-state index contributed by atoms with van der Waals surface area (Å²) in [6.07, 6.45) is 2.61. The molecule has 1 saturated heterocycles. The van der Waals surface area contributed by atoms with Gasteiger partial charge in [-0.05, 0) is 18.9 Å². The molecule has 1 aliphatic heterocycles. The molecular weight excluding hydrogens is 272 g/mol. The standard InChI is InChI=1S/C10H14N4O4S/c11-8-3-2-6-13(7-8)19(17,18)10-9(14(15)16)4-1-5-12-10/h1,4-5,8H,2-3,6-7,11H2/t8-/m1/s1. The lowest BCUT2D eigenvalue weighted by molar-refractivity contribution is -0.388. The third kappa shape index (κ3) is 2.72. The molecule has 9 heteroatoms. The van der Waals surface area contributed by atoms with Gasteiger partial charge in [0.05, 0.1) is 4.92 Å². The number of nitrogens with two attached hydrogens (primary N) is 1. The van der Waals surface area contributed by atoms with Gasteiger partial charge in [0.25, 0.3) is 10.0 Å². The lowest BCUT2D eigenvalue weighted by Crippen LogP contribution is -2.45. The van der Waals surface area contributed by atoms with Crippen molar-refractivity contribution < 1.29 is 13.3 Å². The second-order valence-corrected chi connectivity index (χ2v) is 6.20. The molecular formula is C10H14N4O4S. The van der Waals surface area contributed by atoms with E-state index in [-0.39, 0.29) is 12.6 Å². The Labute approximate surface area is 110 Å². The second-order valence-electron chi connectivity index (χ2n) is 4.35. The number of sulfonamides is 1. The van der Waals surface area contributed by atoms with Crippen LogP contribution in [-0.2, 0) is 10.0 Å². The molecule has 1 aromatic heterocycles. The predicted octanol–water partition coefficient (Wildman–Crippen LogP) is 0.102. The van der Waals surface area contributed by atoms with E-state index in [2.05, 4.69) is 4.98 Å². The van der Waals surface area contributed by atoms with Gasteiger partial charge in [-0.25, -0.2) is 13.4 Å². The van der Waals surface area contributed by atoms with Crippen molar-refractivity contribution in [2.45, 2.75) is 23.9 Å². The normalized spacial score (nSPS) is 21.2. The summed E-state index contributed by atoms with van der Waals surface area (Å²) in [6, 6.07) is 2.22. The summed E-state index contributed by atoms with van der Waals surface area (Å²) < 4.78 is 25.9. The summed E-state index contributed by atoms with van der Waals surface area (Å²) >= 11 is 0. The Morgan fingerprint density at radius 2 is 2.26 bits per heavy atom. The molecule has 1 fully saturated rings. The van der Waals surface area contributed by atoms with Gasteiger partial charge in [-0.15, -0.1) is 0 Å². The summed E-state index contributed by atoms with van der Waals surface area (Å²) in [5.41, 5.74) is 5.22. The van der Waals surface area contributed by atoms with Crippen molar-refractivity contribution >= 4 is 15.7 Å². The Balaban J connectivity index is 2.42. The molecule has 0 saturated carbocycles. The molecule has 0 bridgehead atoms. The average Bonchev–Trinajstić information content (AvgIpc) is 2.38. The van der Waals surface area contributed by atoms with Crippen LogP contribution in [0.15, 0.2) is 23.4 Å². The highest BCUT2D eigenvalue weighted by atomic mass is 32.2. The number of rotatable bonds is 3. The maximum absolute atomic E-state index is 12.4. The fourth-order valence-corrected chi connectivity index (χ4v) is 3.64. The molecule has 1 aromatic rings. The molecule has 0 aromatic carbocycles. The minimum atomic E-state index is -3.97. The third-order valence-corrected chi connectivity index (χ3v) is 4.77. The fraction of sp³-hybridized carbons (Fsp3) is 0.500. The van der Waals surface area contributed by atoms with E-state index in [1.54, 1.807) is 0 Å². The van der Waals surface area contributed by atoms with Crippen LogP contribution in [0.1, 0.15) is 12.8 Å². The SMILES string of the molecule is N[C@@H]1CCCN(S(=O)(=O)c2ncccc2[N+](=O)[O-])C1. The number of piperidine rings is 1. The van der Waals surface area contributed by atoms with Crippen molar-refractivity contribution in [2.75, 3.05) is 13.1 Å². The molecule has 0 radical (unpaired) electrons. The van der Waals surface area contributed by atoms with Gasteiger partial charge in [0.15, 0.2) is 0 Å². The van der Waals surface area contributed by atoms with Crippen LogP contribution in [-0.4, -0.2) is 41.8 Å². The van der Waals surface area contributed by atoms with E-state index in [1.807, 2.05) is 0 Å². The zero-order valence-corrected chi connectivity index (χ0v) is 10.9. The van der Waals surface area contributed by atoms with Crippen LogP contribution >= 0.6 is 0 Å². The smallest absolute Gasteiger partial charge is 0.308 e. The number of hydrogen-bond acceptors (Lipinski definition) is 6. The van der Waals surface area contributed by atoms with Crippen molar-refractivity contribution in [3.8, 4) is 0 Å². The van der Waals surface area contributed by atoms with Crippen LogP contribution in [0.4, 0.5) is 5.69 Å². The first kappa shape index (κ1) is 13.8. The van der Waals surface area contributed by atoms with Crippen molar-refractivity contribution in [2.24, 2.45) is 5.73 Å². The van der Waals surface area contributed by atoms with E-state index < -0.39 is 25.7 Å². The molecule has 0 aliphatic carbocycles. The molecule has 2 rings (SSSR count). The Bertz CT molecular complexity index is 589. The molecule has 0 spiro atoms. The van der Waals surface area contributed by atoms with Gasteiger partial charge in [0.1, 0.15) is 0 Å². The number of pyridine rings is 1. The Morgan fingerprint density at radius 1 is 1.53 bits per heavy atom. The van der Waals surface area contributed by atoms with E-state index in [0.717, 1.165) is 16.8 Å². The highest BCUT2D eigenvalue weighted by molar-refractivity contribution is 7.89. The van der Waals surface area contributed by atoms with E-state index in [0.29, 0.717) is 13.0 Å². The molecule has 104 valence electrons. The van der Waals surface area contributed by atoms with Gasteiger partial charge in [-0.3, -0.25) is 10.1 Å². The predicted molar refractivity (Wildman–Crippen MR) is 66.9 cm³/mol. The van der Waals surface area contributed by atoms with Gasteiger partial charge < -0.3 is 5.73 Å². The zero-order chi connectivity index (χ0) is 14.0. The fourth-order valence-electron chi connectivity index (χ4n) is 2.03. The minimum Gasteiger partial charge on any atom is -0.327 e. The highest BCUT2D eigenvalue weighted by Gasteiger charge is 2.35. The molecule has 1 aliphatic rings. The minimum absolute atomic E-state index is 0.163. The maximum Gasteiger partial charge on any atom is 0.308 e. The van der Waals surface area contributed by atoms with Gasteiger partial charge >= 0.3 is 5.69 Å². The quantitative estimate of drug-likeness (QED) is 0.621. The van der Waals surface area contributed by atoms with Crippen molar-refractivity contribution in [1.82, 2.24) is 9.29 Å². The molecule has 0 unspecified atom stereocenters. The van der Waals surface area contributed by atoms with E-state index in [1.165, 1.54) is 12.3 Å². The van der Waals surface area contributed by atoms with Gasteiger partial charge in [-0.1, -0.05) is 0 Å². The molecule has 2 heterocycles. The Morgan fingerprint density at radius 3 is 2.89 bits per heavy atom. The lowest BCUT2D eigenvalue weighted by Gasteiger charge is -2.29. The molecule has 8 nitrogen and oxygen atoms in total. The number of nitro groups is 1. The first-order valence-corrected chi connectivity index (χ1v) is 7.22. The second kappa shape index (κ2) is 5.19. The summed E-state index contributed by atoms with van der Waals surface area (Å²) in [5, 5.41) is 10.4. The number of hydrogen-bond donors (Lipinski definition) is 1. The molecule has 1 atom stereocenters. The van der Waals surface area contributed by atoms with Gasteiger partial charge in [0, 0.05) is 31.4 Å². The first-order valence-electron chi connectivity index (χ1n) is 5.78. The molecule has 2 N–H and O–H groups in total.